The Kier molecular flexibility index (Phi) is 2.47. The van der Waals surface area contributed by atoms with Crippen LogP contribution in [0.1, 0.15) is 16.7 Å². The van der Waals surface area contributed by atoms with E-state index in [9.17, 15) is 9.59 Å². The summed E-state index contributed by atoms with van der Waals surface area (Å²) in [4.78, 5) is 29.2. The molecule has 26 heavy (non-hydrogen) atoms. The molecule has 0 radical (unpaired) electrons. The van der Waals surface area contributed by atoms with Gasteiger partial charge in [-0.15, -0.1) is 0 Å². The fourth-order valence-electron chi connectivity index (χ4n) is 3.88. The van der Waals surface area contributed by atoms with Gasteiger partial charge in [0.15, 0.2) is 11.5 Å². The van der Waals surface area contributed by atoms with Gasteiger partial charge < -0.3 is 18.8 Å². The van der Waals surface area contributed by atoms with Crippen LogP contribution in [0.25, 0.3) is 22.3 Å². The Morgan fingerprint density at radius 3 is 2.69 bits per heavy atom. The van der Waals surface area contributed by atoms with Gasteiger partial charge in [0.25, 0.3) is 5.56 Å². The molecule has 7 nitrogen and oxygen atoms in total. The molecular weight excluding hydrogens is 336 g/mol. The molecule has 0 amide bonds. The summed E-state index contributed by atoms with van der Waals surface area (Å²) >= 11 is 0. The maximum atomic E-state index is 12.8. The van der Waals surface area contributed by atoms with Crippen LogP contribution in [0.15, 0.2) is 29.1 Å². The second kappa shape index (κ2) is 4.63. The topological polar surface area (TPSA) is 79.7 Å². The van der Waals surface area contributed by atoms with E-state index in [1.54, 1.807) is 4.57 Å². The van der Waals surface area contributed by atoms with E-state index in [4.69, 9.17) is 19.2 Å². The molecule has 0 aliphatic carbocycles. The Labute approximate surface area is 146 Å². The Morgan fingerprint density at radius 1 is 0.962 bits per heavy atom. The highest BCUT2D eigenvalue weighted by molar-refractivity contribution is 5.87. The summed E-state index contributed by atoms with van der Waals surface area (Å²) in [6.45, 7) is 0.717. The van der Waals surface area contributed by atoms with Crippen molar-refractivity contribution in [2.45, 2.75) is 19.6 Å². The number of rotatable bonds is 0. The number of hydrogen-bond donors (Lipinski definition) is 0. The fourth-order valence-corrected chi connectivity index (χ4v) is 3.88. The lowest BCUT2D eigenvalue weighted by molar-refractivity contribution is -0.145. The number of ether oxygens (including phenoxy) is 3. The molecule has 0 saturated carbocycles. The average molecular weight is 348 g/mol. The van der Waals surface area contributed by atoms with E-state index in [-0.39, 0.29) is 31.3 Å². The summed E-state index contributed by atoms with van der Waals surface area (Å²) in [5, 5.41) is 0.942. The van der Waals surface area contributed by atoms with Crippen molar-refractivity contribution in [3.8, 4) is 22.9 Å². The number of hydrogen-bond acceptors (Lipinski definition) is 6. The molecule has 3 aromatic rings. The van der Waals surface area contributed by atoms with E-state index in [1.165, 1.54) is 0 Å². The lowest BCUT2D eigenvalue weighted by Gasteiger charge is -2.17. The predicted octanol–water partition coefficient (Wildman–Crippen LogP) is 1.75. The minimum atomic E-state index is -0.306. The molecule has 5 heterocycles. The highest BCUT2D eigenvalue weighted by Gasteiger charge is 2.28. The average Bonchev–Trinajstić information content (AvgIpc) is 3.22. The standard InChI is InChI=1S/C19H12N2O5/c22-17-4-9-2-14-18-11(6-21(14)19(23)12(9)7-24-17)1-10-3-15-16(26-8-25-15)5-13(10)20-18/h1-3,5H,4,6-8H2. The minimum absolute atomic E-state index is 0.0421. The molecule has 0 spiro atoms. The lowest BCUT2D eigenvalue weighted by atomic mass is 10.0. The van der Waals surface area contributed by atoms with Gasteiger partial charge in [-0.25, -0.2) is 4.98 Å². The molecule has 0 saturated heterocycles. The Bertz CT molecular complexity index is 1210. The van der Waals surface area contributed by atoms with Crippen molar-refractivity contribution in [2.24, 2.45) is 0 Å². The normalized spacial score (nSPS) is 16.2. The van der Waals surface area contributed by atoms with Crippen molar-refractivity contribution >= 4 is 16.9 Å². The number of pyridine rings is 2. The third kappa shape index (κ3) is 1.74. The van der Waals surface area contributed by atoms with Crippen LogP contribution in [0, 0.1) is 0 Å². The van der Waals surface area contributed by atoms with Crippen molar-refractivity contribution < 1.29 is 19.0 Å². The summed E-state index contributed by atoms with van der Waals surface area (Å²) in [6, 6.07) is 7.70. The molecule has 0 unspecified atom stereocenters. The maximum absolute atomic E-state index is 12.8. The van der Waals surface area contributed by atoms with Gasteiger partial charge in [0, 0.05) is 17.0 Å². The van der Waals surface area contributed by atoms with Crippen LogP contribution in [-0.4, -0.2) is 22.3 Å². The third-order valence-corrected chi connectivity index (χ3v) is 5.16. The van der Waals surface area contributed by atoms with Crippen LogP contribution in [-0.2, 0) is 29.1 Å². The smallest absolute Gasteiger partial charge is 0.310 e. The first-order chi connectivity index (χ1) is 12.7. The molecular formula is C19H12N2O5. The maximum Gasteiger partial charge on any atom is 0.310 e. The van der Waals surface area contributed by atoms with Gasteiger partial charge in [-0.3, -0.25) is 9.59 Å². The number of fused-ring (bicyclic) bond motifs is 6. The van der Waals surface area contributed by atoms with Crippen molar-refractivity contribution in [2.75, 3.05) is 6.79 Å². The summed E-state index contributed by atoms with van der Waals surface area (Å²) in [6.07, 6.45) is 0.125. The largest absolute Gasteiger partial charge is 0.460 e. The first-order valence-electron chi connectivity index (χ1n) is 8.32. The number of aromatic nitrogens is 2. The van der Waals surface area contributed by atoms with Gasteiger partial charge >= 0.3 is 5.97 Å². The van der Waals surface area contributed by atoms with Crippen LogP contribution in [0.4, 0.5) is 0 Å². The van der Waals surface area contributed by atoms with Crippen LogP contribution < -0.4 is 15.0 Å². The van der Waals surface area contributed by atoms with Crippen LogP contribution in [0.3, 0.4) is 0 Å². The summed E-state index contributed by atoms with van der Waals surface area (Å²) in [5.41, 5.74) is 4.47. The number of carbonyl (C=O) groups excluding carboxylic acids is 1. The summed E-state index contributed by atoms with van der Waals surface area (Å²) in [7, 11) is 0. The Balaban J connectivity index is 1.59. The monoisotopic (exact) mass is 348 g/mol. The Morgan fingerprint density at radius 2 is 1.81 bits per heavy atom. The van der Waals surface area contributed by atoms with E-state index in [2.05, 4.69) is 0 Å². The van der Waals surface area contributed by atoms with E-state index < -0.39 is 0 Å². The van der Waals surface area contributed by atoms with Gasteiger partial charge in [-0.2, -0.15) is 0 Å². The predicted molar refractivity (Wildman–Crippen MR) is 90.2 cm³/mol. The number of benzene rings is 1. The van der Waals surface area contributed by atoms with Gasteiger partial charge in [0.2, 0.25) is 6.79 Å². The van der Waals surface area contributed by atoms with Crippen molar-refractivity contribution in [1.29, 1.82) is 0 Å². The molecule has 0 fully saturated rings. The van der Waals surface area contributed by atoms with Gasteiger partial charge in [0.05, 0.1) is 35.4 Å². The second-order valence-corrected chi connectivity index (χ2v) is 6.66. The molecule has 128 valence electrons. The number of cyclic esters (lactones) is 1. The van der Waals surface area contributed by atoms with Crippen LogP contribution >= 0.6 is 0 Å². The summed E-state index contributed by atoms with van der Waals surface area (Å²) < 4.78 is 17.6. The van der Waals surface area contributed by atoms with Crippen molar-refractivity contribution in [3.05, 3.63) is 51.3 Å². The SMILES string of the molecule is O=C1Cc2cc3n(c(=O)c2CO1)Cc1cc2cc4c(cc2nc1-3)OCO4. The number of esters is 1. The molecule has 0 bridgehead atoms. The quantitative estimate of drug-likeness (QED) is 0.451. The van der Waals surface area contributed by atoms with Gasteiger partial charge in [-0.1, -0.05) is 0 Å². The fraction of sp³-hybridized carbons (Fsp3) is 0.211. The van der Waals surface area contributed by atoms with Gasteiger partial charge in [0.1, 0.15) is 6.61 Å². The highest BCUT2D eigenvalue weighted by Crippen LogP contribution is 2.39. The molecule has 1 aromatic carbocycles. The zero-order chi connectivity index (χ0) is 17.4. The molecule has 0 atom stereocenters. The van der Waals surface area contributed by atoms with E-state index in [0.29, 0.717) is 23.6 Å². The highest BCUT2D eigenvalue weighted by atomic mass is 16.7. The minimum Gasteiger partial charge on any atom is -0.460 e. The lowest BCUT2D eigenvalue weighted by Crippen LogP contribution is -2.29. The number of carbonyl (C=O) groups is 1. The molecule has 3 aliphatic heterocycles. The van der Waals surface area contributed by atoms with E-state index in [1.807, 2.05) is 24.3 Å². The molecule has 7 heteroatoms. The van der Waals surface area contributed by atoms with E-state index >= 15 is 0 Å². The van der Waals surface area contributed by atoms with Crippen molar-refractivity contribution in [1.82, 2.24) is 9.55 Å². The zero-order valence-electron chi connectivity index (χ0n) is 13.6. The number of nitrogens with zero attached hydrogens (tertiary/aromatic N) is 2. The Hall–Kier alpha value is -3.35. The van der Waals surface area contributed by atoms with Gasteiger partial charge in [-0.05, 0) is 23.8 Å². The summed E-state index contributed by atoms with van der Waals surface area (Å²) in [5.74, 6) is 1.07. The molecule has 3 aliphatic rings. The van der Waals surface area contributed by atoms with Crippen molar-refractivity contribution in [3.63, 3.8) is 0 Å². The van der Waals surface area contributed by atoms with E-state index in [0.717, 1.165) is 33.4 Å². The first-order valence-corrected chi connectivity index (χ1v) is 8.32. The second-order valence-electron chi connectivity index (χ2n) is 6.66. The van der Waals surface area contributed by atoms with Crippen LogP contribution in [0.5, 0.6) is 11.5 Å². The first kappa shape index (κ1) is 13.9. The molecule has 0 N–H and O–H groups in total. The molecule has 6 rings (SSSR count). The third-order valence-electron chi connectivity index (χ3n) is 5.16. The van der Waals surface area contributed by atoms with Crippen LogP contribution in [0.2, 0.25) is 0 Å². The molecule has 2 aromatic heterocycles. The zero-order valence-corrected chi connectivity index (χ0v) is 13.6.